The average molecular weight is 320 g/mol. The molecule has 4 heteroatoms. The van der Waals surface area contributed by atoms with Gasteiger partial charge in [0, 0.05) is 0 Å². The summed E-state index contributed by atoms with van der Waals surface area (Å²) in [7, 11) is 1.61. The van der Waals surface area contributed by atoms with Crippen molar-refractivity contribution in [1.82, 2.24) is 0 Å². The van der Waals surface area contributed by atoms with Gasteiger partial charge in [-0.3, -0.25) is 0 Å². The molecule has 0 unspecified atom stereocenters. The molecule has 0 heterocycles. The maximum Gasteiger partial charge on any atom is 0.336 e. The maximum absolute atomic E-state index is 11.3. The number of carbonyl (C=O) groups is 1. The lowest BCUT2D eigenvalue weighted by molar-refractivity contribution is 0.0697. The second kappa shape index (κ2) is 6.87. The van der Waals surface area contributed by atoms with Gasteiger partial charge in [-0.25, -0.2) is 4.79 Å². The van der Waals surface area contributed by atoms with Crippen molar-refractivity contribution in [2.24, 2.45) is 0 Å². The molecule has 24 heavy (non-hydrogen) atoms. The van der Waals surface area contributed by atoms with Gasteiger partial charge in [0.15, 0.2) is 0 Å². The van der Waals surface area contributed by atoms with E-state index in [2.05, 4.69) is 0 Å². The highest BCUT2D eigenvalue weighted by Gasteiger charge is 2.10. The summed E-state index contributed by atoms with van der Waals surface area (Å²) in [6.45, 7) is 0. The van der Waals surface area contributed by atoms with Crippen molar-refractivity contribution in [2.75, 3.05) is 7.11 Å². The van der Waals surface area contributed by atoms with E-state index in [1.54, 1.807) is 25.3 Å². The van der Waals surface area contributed by atoms with Gasteiger partial charge in [-0.1, -0.05) is 30.3 Å². The minimum Gasteiger partial charge on any atom is -0.497 e. The molecule has 0 saturated heterocycles. The number of ether oxygens (including phenoxy) is 2. The van der Waals surface area contributed by atoms with Gasteiger partial charge in [-0.05, 0) is 53.6 Å². The molecule has 3 aromatic rings. The topological polar surface area (TPSA) is 55.8 Å². The molecule has 0 amide bonds. The minimum absolute atomic E-state index is 0.279. The van der Waals surface area contributed by atoms with Crippen LogP contribution in [0.5, 0.6) is 17.2 Å². The van der Waals surface area contributed by atoms with Crippen LogP contribution in [-0.4, -0.2) is 18.2 Å². The van der Waals surface area contributed by atoms with Crippen molar-refractivity contribution >= 4 is 5.97 Å². The van der Waals surface area contributed by atoms with Crippen molar-refractivity contribution in [3.8, 4) is 28.4 Å². The van der Waals surface area contributed by atoms with Gasteiger partial charge < -0.3 is 14.6 Å². The van der Waals surface area contributed by atoms with E-state index < -0.39 is 5.97 Å². The Balaban J connectivity index is 1.82. The molecule has 0 aliphatic heterocycles. The van der Waals surface area contributed by atoms with Crippen LogP contribution in [0.15, 0.2) is 72.8 Å². The lowest BCUT2D eigenvalue weighted by atomic mass is 10.00. The van der Waals surface area contributed by atoms with Crippen LogP contribution in [-0.2, 0) is 0 Å². The molecule has 0 spiro atoms. The van der Waals surface area contributed by atoms with Crippen molar-refractivity contribution in [3.63, 3.8) is 0 Å². The van der Waals surface area contributed by atoms with Gasteiger partial charge in [0.25, 0.3) is 0 Å². The molecule has 0 saturated carbocycles. The molecule has 0 aliphatic carbocycles. The molecular formula is C20H16O4. The Labute approximate surface area is 139 Å². The average Bonchev–Trinajstić information content (AvgIpc) is 2.63. The lowest BCUT2D eigenvalue weighted by Gasteiger charge is -2.09. The monoisotopic (exact) mass is 320 g/mol. The van der Waals surface area contributed by atoms with E-state index in [0.29, 0.717) is 17.1 Å². The molecular weight excluding hydrogens is 304 g/mol. The third-order valence-electron chi connectivity index (χ3n) is 3.62. The van der Waals surface area contributed by atoms with E-state index in [1.807, 2.05) is 54.6 Å². The number of carboxylic acids is 1. The normalized spacial score (nSPS) is 10.2. The van der Waals surface area contributed by atoms with E-state index in [-0.39, 0.29) is 5.56 Å². The summed E-state index contributed by atoms with van der Waals surface area (Å²) in [5, 5.41) is 9.28. The zero-order chi connectivity index (χ0) is 16.9. The second-order valence-corrected chi connectivity index (χ2v) is 5.15. The summed E-state index contributed by atoms with van der Waals surface area (Å²) in [5.41, 5.74) is 1.79. The Hall–Kier alpha value is -3.27. The SMILES string of the molecule is COc1ccc(Oc2ccc(-c3ccccc3C(=O)O)cc2)cc1. The summed E-state index contributed by atoms with van der Waals surface area (Å²) in [6.07, 6.45) is 0. The van der Waals surface area contributed by atoms with Gasteiger partial charge in [0.05, 0.1) is 12.7 Å². The molecule has 0 atom stereocenters. The van der Waals surface area contributed by atoms with Crippen LogP contribution in [0.1, 0.15) is 10.4 Å². The highest BCUT2D eigenvalue weighted by Crippen LogP contribution is 2.28. The number of rotatable bonds is 5. The molecule has 120 valence electrons. The summed E-state index contributed by atoms with van der Waals surface area (Å²) in [4.78, 5) is 11.3. The zero-order valence-corrected chi connectivity index (χ0v) is 13.1. The van der Waals surface area contributed by atoms with Crippen LogP contribution in [0.25, 0.3) is 11.1 Å². The number of aromatic carboxylic acids is 1. The van der Waals surface area contributed by atoms with Crippen molar-refractivity contribution in [3.05, 3.63) is 78.4 Å². The molecule has 4 nitrogen and oxygen atoms in total. The highest BCUT2D eigenvalue weighted by molar-refractivity contribution is 5.96. The summed E-state index contributed by atoms with van der Waals surface area (Å²) < 4.78 is 10.9. The third-order valence-corrected chi connectivity index (χ3v) is 3.62. The summed E-state index contributed by atoms with van der Waals surface area (Å²) >= 11 is 0. The summed E-state index contributed by atoms with van der Waals surface area (Å²) in [5.74, 6) is 1.21. The number of hydrogen-bond donors (Lipinski definition) is 1. The standard InChI is InChI=1S/C20H16O4/c1-23-15-10-12-17(13-11-15)24-16-8-6-14(7-9-16)18-4-2-3-5-19(18)20(21)22/h2-13H,1H3,(H,21,22). The molecule has 0 aliphatic rings. The maximum atomic E-state index is 11.3. The Kier molecular flexibility index (Phi) is 4.47. The number of carboxylic acid groups (broad SMARTS) is 1. The van der Waals surface area contributed by atoms with Gasteiger partial charge in [-0.2, -0.15) is 0 Å². The third kappa shape index (κ3) is 3.38. The number of benzene rings is 3. The Morgan fingerprint density at radius 3 is 1.92 bits per heavy atom. The minimum atomic E-state index is -0.941. The fourth-order valence-corrected chi connectivity index (χ4v) is 2.40. The zero-order valence-electron chi connectivity index (χ0n) is 13.1. The van der Waals surface area contributed by atoms with Crippen LogP contribution in [0.4, 0.5) is 0 Å². The molecule has 3 aromatic carbocycles. The van der Waals surface area contributed by atoms with Gasteiger partial charge >= 0.3 is 5.97 Å². The molecule has 1 N–H and O–H groups in total. The Bertz CT molecular complexity index is 836. The Morgan fingerprint density at radius 1 is 0.792 bits per heavy atom. The first-order valence-corrected chi connectivity index (χ1v) is 7.42. The largest absolute Gasteiger partial charge is 0.497 e. The smallest absolute Gasteiger partial charge is 0.336 e. The van der Waals surface area contributed by atoms with Crippen LogP contribution < -0.4 is 9.47 Å². The predicted octanol–water partition coefficient (Wildman–Crippen LogP) is 4.85. The van der Waals surface area contributed by atoms with E-state index in [1.165, 1.54) is 0 Å². The molecule has 0 radical (unpaired) electrons. The highest BCUT2D eigenvalue weighted by atomic mass is 16.5. The van der Waals surface area contributed by atoms with Crippen molar-refractivity contribution < 1.29 is 19.4 Å². The first kappa shape index (κ1) is 15.6. The van der Waals surface area contributed by atoms with Crippen LogP contribution in [0, 0.1) is 0 Å². The van der Waals surface area contributed by atoms with E-state index in [9.17, 15) is 9.90 Å². The van der Waals surface area contributed by atoms with E-state index in [4.69, 9.17) is 9.47 Å². The second-order valence-electron chi connectivity index (χ2n) is 5.15. The van der Waals surface area contributed by atoms with Gasteiger partial charge in [-0.15, -0.1) is 0 Å². The molecule has 0 aromatic heterocycles. The fourth-order valence-electron chi connectivity index (χ4n) is 2.40. The van der Waals surface area contributed by atoms with Gasteiger partial charge in [0.1, 0.15) is 17.2 Å². The predicted molar refractivity (Wildman–Crippen MR) is 91.9 cm³/mol. The molecule has 0 fully saturated rings. The van der Waals surface area contributed by atoms with Crippen LogP contribution in [0.2, 0.25) is 0 Å². The summed E-state index contributed by atoms with van der Waals surface area (Å²) in [6, 6.07) is 21.6. The van der Waals surface area contributed by atoms with Gasteiger partial charge in [0.2, 0.25) is 0 Å². The fraction of sp³-hybridized carbons (Fsp3) is 0.0500. The number of hydrogen-bond acceptors (Lipinski definition) is 3. The van der Waals surface area contributed by atoms with Crippen molar-refractivity contribution in [1.29, 1.82) is 0 Å². The van der Waals surface area contributed by atoms with E-state index in [0.717, 1.165) is 11.3 Å². The first-order chi connectivity index (χ1) is 11.7. The van der Waals surface area contributed by atoms with Crippen LogP contribution in [0.3, 0.4) is 0 Å². The molecule has 3 rings (SSSR count). The molecule has 0 bridgehead atoms. The Morgan fingerprint density at radius 2 is 1.33 bits per heavy atom. The first-order valence-electron chi connectivity index (χ1n) is 7.42. The van der Waals surface area contributed by atoms with Crippen molar-refractivity contribution in [2.45, 2.75) is 0 Å². The van der Waals surface area contributed by atoms with E-state index >= 15 is 0 Å². The lowest BCUT2D eigenvalue weighted by Crippen LogP contribution is -1.98. The van der Waals surface area contributed by atoms with Crippen LogP contribution >= 0.6 is 0 Å². The number of methoxy groups -OCH3 is 1. The quantitative estimate of drug-likeness (QED) is 0.730.